The van der Waals surface area contributed by atoms with Gasteiger partial charge in [0.2, 0.25) is 0 Å². The van der Waals surface area contributed by atoms with Crippen LogP contribution in [0, 0.1) is 0 Å². The predicted molar refractivity (Wildman–Crippen MR) is 105 cm³/mol. The van der Waals surface area contributed by atoms with Crippen LogP contribution in [0.25, 0.3) is 0 Å². The van der Waals surface area contributed by atoms with Crippen LogP contribution in [-0.4, -0.2) is 0 Å². The molecule has 0 saturated heterocycles. The van der Waals surface area contributed by atoms with Gasteiger partial charge >= 0.3 is 0 Å². The van der Waals surface area contributed by atoms with Crippen molar-refractivity contribution >= 4 is 58.7 Å². The molecule has 0 aliphatic carbocycles. The van der Waals surface area contributed by atoms with Gasteiger partial charge in [0.1, 0.15) is 10.9 Å². The Morgan fingerprint density at radius 1 is 0.455 bits per heavy atom. The summed E-state index contributed by atoms with van der Waals surface area (Å²) in [5, 5.41) is 0. The zero-order valence-corrected chi connectivity index (χ0v) is 17.0. The summed E-state index contributed by atoms with van der Waals surface area (Å²) in [4.78, 5) is 3.84. The minimum atomic E-state index is -0.190. The van der Waals surface area contributed by atoms with Crippen molar-refractivity contribution in [2.75, 3.05) is 0 Å². The van der Waals surface area contributed by atoms with E-state index in [2.05, 4.69) is 121 Å². The molecule has 0 amide bonds. The van der Waals surface area contributed by atoms with E-state index in [1.807, 2.05) is 0 Å². The van der Waals surface area contributed by atoms with Gasteiger partial charge in [-0.25, -0.2) is 0 Å². The van der Waals surface area contributed by atoms with Crippen molar-refractivity contribution < 1.29 is 0 Å². The van der Waals surface area contributed by atoms with E-state index in [1.165, 1.54) is 14.7 Å². The Morgan fingerprint density at radius 2 is 0.727 bits per heavy atom. The minimum absolute atomic E-state index is 0.190. The first kappa shape index (κ1) is 16.3. The molecule has 0 atom stereocenters. The summed E-state index contributed by atoms with van der Waals surface area (Å²) in [7, 11) is -0.190. The van der Waals surface area contributed by atoms with E-state index in [4.69, 9.17) is 0 Å². The Balaban J connectivity index is 2.27. The number of hydrogen-bond acceptors (Lipinski definition) is 0. The first-order valence-corrected chi connectivity index (χ1v) is 10.3. The van der Waals surface area contributed by atoms with E-state index >= 15 is 0 Å². The van der Waals surface area contributed by atoms with Gasteiger partial charge in [0.05, 0.1) is 13.4 Å². The van der Waals surface area contributed by atoms with Crippen molar-refractivity contribution in [3.05, 3.63) is 86.2 Å². The molecule has 0 fully saturated rings. The SMILES string of the molecule is Brc1ccccc1[S+](c1ccccc1Br)c1ccccc1Br. The van der Waals surface area contributed by atoms with Crippen LogP contribution in [0.2, 0.25) is 0 Å². The highest BCUT2D eigenvalue weighted by Crippen LogP contribution is 2.40. The molecule has 0 unspecified atom stereocenters. The first-order valence-electron chi connectivity index (χ1n) is 6.66. The van der Waals surface area contributed by atoms with Crippen molar-refractivity contribution in [2.45, 2.75) is 14.7 Å². The van der Waals surface area contributed by atoms with Crippen molar-refractivity contribution in [3.63, 3.8) is 0 Å². The normalized spacial score (nSPS) is 10.9. The Morgan fingerprint density at radius 3 is 1.00 bits per heavy atom. The lowest BCUT2D eigenvalue weighted by molar-refractivity contribution is 1.27. The van der Waals surface area contributed by atoms with Crippen molar-refractivity contribution in [1.29, 1.82) is 0 Å². The maximum atomic E-state index is 3.72. The second-order valence-corrected chi connectivity index (χ2v) is 9.09. The first-order chi connectivity index (χ1) is 10.7. The largest absolute Gasteiger partial charge is 0.180 e. The van der Waals surface area contributed by atoms with Crippen LogP contribution in [-0.2, 0) is 10.9 Å². The van der Waals surface area contributed by atoms with Crippen LogP contribution in [0.1, 0.15) is 0 Å². The topological polar surface area (TPSA) is 0 Å². The summed E-state index contributed by atoms with van der Waals surface area (Å²) in [6.45, 7) is 0. The lowest BCUT2D eigenvalue weighted by Gasteiger charge is -2.11. The summed E-state index contributed by atoms with van der Waals surface area (Å²) in [6.07, 6.45) is 0. The third-order valence-corrected chi connectivity index (χ3v) is 8.42. The highest BCUT2D eigenvalue weighted by molar-refractivity contribution is 9.11. The Bertz CT molecular complexity index is 693. The molecule has 110 valence electrons. The molecule has 0 saturated carbocycles. The maximum absolute atomic E-state index is 3.72. The van der Waals surface area contributed by atoms with Gasteiger partial charge in [-0.15, -0.1) is 0 Å². The summed E-state index contributed by atoms with van der Waals surface area (Å²) >= 11 is 11.2. The lowest BCUT2D eigenvalue weighted by atomic mass is 10.4. The van der Waals surface area contributed by atoms with E-state index < -0.39 is 0 Å². The second kappa shape index (κ2) is 7.35. The molecule has 0 aliphatic rings. The van der Waals surface area contributed by atoms with Gasteiger partial charge in [-0.3, -0.25) is 0 Å². The molecule has 0 bridgehead atoms. The van der Waals surface area contributed by atoms with Crippen LogP contribution >= 0.6 is 47.8 Å². The van der Waals surface area contributed by atoms with Crippen molar-refractivity contribution in [3.8, 4) is 0 Å². The monoisotopic (exact) mass is 497 g/mol. The average Bonchev–Trinajstić information content (AvgIpc) is 2.53. The summed E-state index contributed by atoms with van der Waals surface area (Å²) in [5.41, 5.74) is 0. The third kappa shape index (κ3) is 3.35. The van der Waals surface area contributed by atoms with Crippen LogP contribution in [0.4, 0.5) is 0 Å². The maximum Gasteiger partial charge on any atom is 0.180 e. The highest BCUT2D eigenvalue weighted by Gasteiger charge is 2.34. The molecule has 3 aromatic carbocycles. The Hall–Kier alpha value is -0.550. The zero-order chi connectivity index (χ0) is 15.5. The smallest absolute Gasteiger partial charge is 0.0608 e. The summed E-state index contributed by atoms with van der Waals surface area (Å²) in [5.74, 6) is 0. The molecular formula is C18H12Br3S+. The second-order valence-electron chi connectivity index (χ2n) is 4.60. The summed E-state index contributed by atoms with van der Waals surface area (Å²) < 4.78 is 3.39. The van der Waals surface area contributed by atoms with Gasteiger partial charge in [-0.05, 0) is 84.2 Å². The fraction of sp³-hybridized carbons (Fsp3) is 0. The molecule has 22 heavy (non-hydrogen) atoms. The van der Waals surface area contributed by atoms with E-state index in [-0.39, 0.29) is 10.9 Å². The van der Waals surface area contributed by atoms with Crippen LogP contribution in [0.15, 0.2) is 101 Å². The molecule has 0 aliphatic heterocycles. The number of halogens is 3. The van der Waals surface area contributed by atoms with E-state index in [1.54, 1.807) is 0 Å². The Labute approximate surface area is 158 Å². The van der Waals surface area contributed by atoms with Gasteiger partial charge in [0.15, 0.2) is 14.7 Å². The molecule has 0 nitrogen and oxygen atoms in total. The molecule has 3 rings (SSSR count). The van der Waals surface area contributed by atoms with Crippen molar-refractivity contribution in [2.24, 2.45) is 0 Å². The Kier molecular flexibility index (Phi) is 5.45. The van der Waals surface area contributed by atoms with Gasteiger partial charge < -0.3 is 0 Å². The van der Waals surface area contributed by atoms with Crippen LogP contribution in [0.3, 0.4) is 0 Å². The lowest BCUT2D eigenvalue weighted by Crippen LogP contribution is -2.07. The molecule has 0 heterocycles. The van der Waals surface area contributed by atoms with Gasteiger partial charge in [0.25, 0.3) is 0 Å². The highest BCUT2D eigenvalue weighted by atomic mass is 79.9. The van der Waals surface area contributed by atoms with Crippen LogP contribution < -0.4 is 0 Å². The number of rotatable bonds is 3. The molecule has 0 spiro atoms. The molecule has 0 aromatic heterocycles. The standard InChI is InChI=1S/C18H12Br3S/c19-13-7-1-4-10-16(13)22(17-11-5-2-8-14(17)20)18-12-6-3-9-15(18)21/h1-12H/q+1. The number of benzene rings is 3. The van der Waals surface area contributed by atoms with Gasteiger partial charge in [-0.1, -0.05) is 36.4 Å². The van der Waals surface area contributed by atoms with Gasteiger partial charge in [0, 0.05) is 0 Å². The third-order valence-electron chi connectivity index (χ3n) is 3.17. The molecule has 3 aromatic rings. The van der Waals surface area contributed by atoms with E-state index in [9.17, 15) is 0 Å². The number of hydrogen-bond donors (Lipinski definition) is 0. The van der Waals surface area contributed by atoms with Crippen LogP contribution in [0.5, 0.6) is 0 Å². The zero-order valence-electron chi connectivity index (χ0n) is 11.5. The molecule has 0 N–H and O–H groups in total. The fourth-order valence-electron chi connectivity index (χ4n) is 2.19. The average molecular weight is 500 g/mol. The molecule has 4 heteroatoms. The van der Waals surface area contributed by atoms with E-state index in [0.29, 0.717) is 0 Å². The van der Waals surface area contributed by atoms with Crippen molar-refractivity contribution in [1.82, 2.24) is 0 Å². The minimum Gasteiger partial charge on any atom is -0.0608 e. The summed E-state index contributed by atoms with van der Waals surface area (Å²) in [6, 6.07) is 25.3. The predicted octanol–water partition coefficient (Wildman–Crippen LogP) is 7.07. The van der Waals surface area contributed by atoms with E-state index in [0.717, 1.165) is 13.4 Å². The quantitative estimate of drug-likeness (QED) is 0.338. The molecular weight excluding hydrogens is 488 g/mol. The van der Waals surface area contributed by atoms with Gasteiger partial charge in [-0.2, -0.15) is 0 Å². The fourth-order valence-corrected chi connectivity index (χ4v) is 6.64. The molecule has 0 radical (unpaired) electrons.